The van der Waals surface area contributed by atoms with Crippen molar-refractivity contribution in [1.29, 1.82) is 0 Å². The minimum absolute atomic E-state index is 0.739. The number of aromatic amines is 1. The molecule has 2 N–H and O–H groups in total. The molecule has 1 aliphatic carbocycles. The van der Waals surface area contributed by atoms with Crippen molar-refractivity contribution in [2.45, 2.75) is 39.7 Å². The fourth-order valence-electron chi connectivity index (χ4n) is 3.80. The summed E-state index contributed by atoms with van der Waals surface area (Å²) >= 11 is 1.48. The van der Waals surface area contributed by atoms with E-state index in [1.54, 1.807) is 6.20 Å². The molecule has 4 aromatic rings. The Balaban J connectivity index is 1.37. The Morgan fingerprint density at radius 1 is 1.33 bits per heavy atom. The van der Waals surface area contributed by atoms with E-state index >= 15 is 0 Å². The molecule has 0 amide bonds. The SMILES string of the molecule is CCCN(Cc1cc(Nc2nc(C)cn3c(-c4cn[nH]c4)cnc23)sn1)CC1CC1. The quantitative estimate of drug-likeness (QED) is 0.419. The second-order valence-corrected chi connectivity index (χ2v) is 8.85. The molecule has 8 nitrogen and oxygen atoms in total. The van der Waals surface area contributed by atoms with Gasteiger partial charge in [-0.3, -0.25) is 14.4 Å². The molecule has 0 aliphatic heterocycles. The van der Waals surface area contributed by atoms with E-state index in [9.17, 15) is 0 Å². The average molecular weight is 423 g/mol. The van der Waals surface area contributed by atoms with Crippen LogP contribution >= 0.6 is 11.5 Å². The number of nitrogens with zero attached hydrogens (tertiary/aromatic N) is 6. The number of H-pyrrole nitrogens is 1. The smallest absolute Gasteiger partial charge is 0.180 e. The molecular weight excluding hydrogens is 396 g/mol. The second-order valence-electron chi connectivity index (χ2n) is 8.04. The third kappa shape index (κ3) is 4.08. The van der Waals surface area contributed by atoms with E-state index in [1.165, 1.54) is 37.3 Å². The van der Waals surface area contributed by atoms with E-state index in [-0.39, 0.29) is 0 Å². The number of imidazole rings is 1. The lowest BCUT2D eigenvalue weighted by atomic mass is 10.3. The zero-order chi connectivity index (χ0) is 20.5. The van der Waals surface area contributed by atoms with E-state index in [1.807, 2.05) is 25.5 Å². The third-order valence-electron chi connectivity index (χ3n) is 5.35. The minimum Gasteiger partial charge on any atom is -0.328 e. The van der Waals surface area contributed by atoms with Crippen LogP contribution in [0.3, 0.4) is 0 Å². The van der Waals surface area contributed by atoms with Gasteiger partial charge < -0.3 is 5.32 Å². The first-order valence-electron chi connectivity index (χ1n) is 10.5. The van der Waals surface area contributed by atoms with Crippen LogP contribution in [0.5, 0.6) is 0 Å². The standard InChI is InChI=1S/C21H26N8S/c1-3-6-28(12-15-4-5-15)13-17-7-19(30-27-17)26-20-21-22-10-18(16-8-23-24-9-16)29(21)11-14(2)25-20/h7-11,15H,3-6,12-13H2,1-2H3,(H,23,24)(H,25,26). The molecule has 1 aliphatic rings. The van der Waals surface area contributed by atoms with Gasteiger partial charge in [-0.2, -0.15) is 9.47 Å². The largest absolute Gasteiger partial charge is 0.328 e. The monoisotopic (exact) mass is 422 g/mol. The number of hydrogen-bond donors (Lipinski definition) is 2. The Kier molecular flexibility index (Phi) is 5.22. The summed E-state index contributed by atoms with van der Waals surface area (Å²) in [5.74, 6) is 1.63. The predicted molar refractivity (Wildman–Crippen MR) is 119 cm³/mol. The maximum absolute atomic E-state index is 4.69. The molecule has 5 rings (SSSR count). The molecule has 9 heteroatoms. The summed E-state index contributed by atoms with van der Waals surface area (Å²) in [6.45, 7) is 7.46. The van der Waals surface area contributed by atoms with Crippen molar-refractivity contribution in [3.63, 3.8) is 0 Å². The summed E-state index contributed by atoms with van der Waals surface area (Å²) in [4.78, 5) is 11.8. The van der Waals surface area contributed by atoms with Gasteiger partial charge in [-0.25, -0.2) is 9.97 Å². The predicted octanol–water partition coefficient (Wildman–Crippen LogP) is 4.25. The van der Waals surface area contributed by atoms with Gasteiger partial charge >= 0.3 is 0 Å². The number of aromatic nitrogens is 6. The molecule has 1 saturated carbocycles. The Labute approximate surface area is 179 Å². The van der Waals surface area contributed by atoms with Crippen molar-refractivity contribution in [1.82, 2.24) is 33.8 Å². The van der Waals surface area contributed by atoms with Crippen LogP contribution in [0.4, 0.5) is 10.8 Å². The van der Waals surface area contributed by atoms with Crippen LogP contribution in [0.1, 0.15) is 37.6 Å². The van der Waals surface area contributed by atoms with Gasteiger partial charge in [0.25, 0.3) is 0 Å². The maximum atomic E-state index is 4.69. The molecule has 0 saturated heterocycles. The minimum atomic E-state index is 0.739. The van der Waals surface area contributed by atoms with Gasteiger partial charge in [-0.15, -0.1) is 0 Å². The number of anilines is 2. The summed E-state index contributed by atoms with van der Waals surface area (Å²) in [6.07, 6.45) is 11.4. The van der Waals surface area contributed by atoms with E-state index in [0.717, 1.165) is 58.1 Å². The summed E-state index contributed by atoms with van der Waals surface area (Å²) < 4.78 is 6.73. The highest BCUT2D eigenvalue weighted by molar-refractivity contribution is 7.10. The van der Waals surface area contributed by atoms with Crippen molar-refractivity contribution in [3.8, 4) is 11.3 Å². The Morgan fingerprint density at radius 2 is 2.23 bits per heavy atom. The van der Waals surface area contributed by atoms with Gasteiger partial charge in [0, 0.05) is 31.0 Å². The highest BCUT2D eigenvalue weighted by atomic mass is 32.1. The van der Waals surface area contributed by atoms with Crippen molar-refractivity contribution in [3.05, 3.63) is 42.2 Å². The lowest BCUT2D eigenvalue weighted by Crippen LogP contribution is -2.26. The first-order chi connectivity index (χ1) is 14.7. The number of fused-ring (bicyclic) bond motifs is 1. The van der Waals surface area contributed by atoms with Gasteiger partial charge in [0.05, 0.1) is 29.5 Å². The third-order valence-corrected chi connectivity index (χ3v) is 6.09. The van der Waals surface area contributed by atoms with Crippen LogP contribution in [-0.4, -0.2) is 46.9 Å². The molecular formula is C21H26N8S. The van der Waals surface area contributed by atoms with Crippen LogP contribution in [0.25, 0.3) is 16.9 Å². The second kappa shape index (κ2) is 8.16. The van der Waals surface area contributed by atoms with Crippen LogP contribution in [0.15, 0.2) is 30.9 Å². The van der Waals surface area contributed by atoms with Crippen molar-refractivity contribution >= 4 is 28.0 Å². The first-order valence-corrected chi connectivity index (χ1v) is 11.3. The van der Waals surface area contributed by atoms with E-state index in [4.69, 9.17) is 0 Å². The normalized spacial score (nSPS) is 14.1. The highest BCUT2D eigenvalue weighted by Crippen LogP contribution is 2.31. The van der Waals surface area contributed by atoms with Gasteiger partial charge in [0.1, 0.15) is 5.00 Å². The summed E-state index contributed by atoms with van der Waals surface area (Å²) in [7, 11) is 0. The molecule has 0 aromatic carbocycles. The lowest BCUT2D eigenvalue weighted by Gasteiger charge is -2.20. The maximum Gasteiger partial charge on any atom is 0.180 e. The first kappa shape index (κ1) is 19.2. The Morgan fingerprint density at radius 3 is 3.00 bits per heavy atom. The zero-order valence-corrected chi connectivity index (χ0v) is 18.1. The van der Waals surface area contributed by atoms with E-state index in [2.05, 4.69) is 52.1 Å². The molecule has 4 heterocycles. The van der Waals surface area contributed by atoms with Crippen molar-refractivity contribution in [2.24, 2.45) is 5.92 Å². The molecule has 156 valence electrons. The van der Waals surface area contributed by atoms with Gasteiger partial charge in [0.15, 0.2) is 11.5 Å². The van der Waals surface area contributed by atoms with Crippen LogP contribution in [-0.2, 0) is 6.54 Å². The van der Waals surface area contributed by atoms with Gasteiger partial charge in [-0.1, -0.05) is 6.92 Å². The van der Waals surface area contributed by atoms with E-state index in [0.29, 0.717) is 0 Å². The fraction of sp³-hybridized carbons (Fsp3) is 0.429. The summed E-state index contributed by atoms with van der Waals surface area (Å²) in [5.41, 5.74) is 4.78. The summed E-state index contributed by atoms with van der Waals surface area (Å²) in [5, 5.41) is 11.3. The average Bonchev–Trinajstić information content (AvgIpc) is 3.12. The molecule has 4 aromatic heterocycles. The van der Waals surface area contributed by atoms with Gasteiger partial charge in [0.2, 0.25) is 0 Å². The number of hydrogen-bond acceptors (Lipinski definition) is 7. The molecule has 0 radical (unpaired) electrons. The molecule has 0 spiro atoms. The number of aryl methyl sites for hydroxylation is 1. The Hall–Kier alpha value is -2.78. The Bertz CT molecular complexity index is 1130. The molecule has 0 atom stereocenters. The lowest BCUT2D eigenvalue weighted by molar-refractivity contribution is 0.253. The van der Waals surface area contributed by atoms with E-state index < -0.39 is 0 Å². The molecule has 30 heavy (non-hydrogen) atoms. The zero-order valence-electron chi connectivity index (χ0n) is 17.3. The van der Waals surface area contributed by atoms with Crippen LogP contribution in [0.2, 0.25) is 0 Å². The number of nitrogens with one attached hydrogen (secondary N) is 2. The molecule has 0 unspecified atom stereocenters. The highest BCUT2D eigenvalue weighted by Gasteiger charge is 2.24. The fourth-order valence-corrected chi connectivity index (χ4v) is 4.46. The number of rotatable bonds is 9. The topological polar surface area (TPSA) is 87.0 Å². The van der Waals surface area contributed by atoms with Crippen LogP contribution in [0, 0.1) is 12.8 Å². The van der Waals surface area contributed by atoms with Gasteiger partial charge in [-0.05, 0) is 56.2 Å². The van der Waals surface area contributed by atoms with Crippen molar-refractivity contribution < 1.29 is 0 Å². The molecule has 1 fully saturated rings. The summed E-state index contributed by atoms with van der Waals surface area (Å²) in [6, 6.07) is 2.14. The van der Waals surface area contributed by atoms with Crippen LogP contribution < -0.4 is 5.32 Å². The molecule has 0 bridgehead atoms. The van der Waals surface area contributed by atoms with Crippen molar-refractivity contribution in [2.75, 3.05) is 18.4 Å².